The van der Waals surface area contributed by atoms with Crippen molar-refractivity contribution in [3.63, 3.8) is 0 Å². The van der Waals surface area contributed by atoms with Gasteiger partial charge in [-0.15, -0.1) is 0 Å². The fourth-order valence-corrected chi connectivity index (χ4v) is 2.99. The number of aromatic nitrogens is 2. The third kappa shape index (κ3) is 1.89. The number of fused-ring (bicyclic) bond motifs is 1. The molecule has 0 unspecified atom stereocenters. The summed E-state index contributed by atoms with van der Waals surface area (Å²) in [5, 5.41) is 13.9. The molecule has 0 bridgehead atoms. The highest BCUT2D eigenvalue weighted by atomic mass is 32.2. The van der Waals surface area contributed by atoms with E-state index in [1.165, 1.54) is 22.1 Å². The maximum absolute atomic E-state index is 11.9. The van der Waals surface area contributed by atoms with Crippen LogP contribution >= 0.6 is 11.8 Å². The Hall–Kier alpha value is -2.22. The zero-order chi connectivity index (χ0) is 13.6. The SMILES string of the molecule is Cn1cc(/C=C2/C(=O)N3C(OC(=O)O)=CS[C@@H]23)cn1. The number of carbonyl (C=O) groups excluding carboxylic acids is 1. The van der Waals surface area contributed by atoms with Crippen LogP contribution in [-0.2, 0) is 16.6 Å². The van der Waals surface area contributed by atoms with Crippen LogP contribution in [0.5, 0.6) is 0 Å². The Kier molecular flexibility index (Phi) is 2.59. The number of hydrogen-bond acceptors (Lipinski definition) is 5. The first-order valence-corrected chi connectivity index (χ1v) is 6.31. The van der Waals surface area contributed by atoms with Crippen LogP contribution in [0.4, 0.5) is 4.79 Å². The molecule has 3 rings (SSSR count). The van der Waals surface area contributed by atoms with Gasteiger partial charge in [0.05, 0.1) is 11.8 Å². The Balaban J connectivity index is 1.79. The van der Waals surface area contributed by atoms with Crippen molar-refractivity contribution in [1.82, 2.24) is 14.7 Å². The van der Waals surface area contributed by atoms with Gasteiger partial charge in [0.25, 0.3) is 5.91 Å². The van der Waals surface area contributed by atoms with Crippen LogP contribution in [0.25, 0.3) is 6.08 Å². The van der Waals surface area contributed by atoms with Gasteiger partial charge in [-0.1, -0.05) is 11.8 Å². The second-order valence-corrected chi connectivity index (χ2v) is 4.99. The van der Waals surface area contributed by atoms with E-state index in [-0.39, 0.29) is 17.2 Å². The van der Waals surface area contributed by atoms with Crippen LogP contribution in [0.1, 0.15) is 5.56 Å². The van der Waals surface area contributed by atoms with E-state index in [1.54, 1.807) is 30.2 Å². The Morgan fingerprint density at radius 2 is 2.42 bits per heavy atom. The first-order valence-electron chi connectivity index (χ1n) is 5.36. The molecule has 2 aliphatic heterocycles. The summed E-state index contributed by atoms with van der Waals surface area (Å²) in [6.45, 7) is 0. The zero-order valence-electron chi connectivity index (χ0n) is 9.81. The van der Waals surface area contributed by atoms with Gasteiger partial charge in [0, 0.05) is 24.2 Å². The van der Waals surface area contributed by atoms with Crippen LogP contribution in [0.3, 0.4) is 0 Å². The molecule has 3 heterocycles. The van der Waals surface area contributed by atoms with E-state index >= 15 is 0 Å². The lowest BCUT2D eigenvalue weighted by Crippen LogP contribution is -2.50. The van der Waals surface area contributed by atoms with Crippen LogP contribution in [0, 0.1) is 0 Å². The number of thioether (sulfide) groups is 1. The standard InChI is InChI=1S/C11H9N3O4S/c1-13-4-6(3-12-13)2-7-9(15)14-8(18-11(16)17)5-19-10(7)14/h2-5,10H,1H3,(H,16,17)/b7-2-/t10-/m0/s1. The molecule has 1 atom stereocenters. The van der Waals surface area contributed by atoms with Crippen molar-refractivity contribution in [3.05, 3.63) is 34.8 Å². The summed E-state index contributed by atoms with van der Waals surface area (Å²) in [6, 6.07) is 0. The molecular formula is C11H9N3O4S. The topological polar surface area (TPSA) is 84.7 Å². The van der Waals surface area contributed by atoms with Crippen molar-refractivity contribution < 1.29 is 19.4 Å². The van der Waals surface area contributed by atoms with Gasteiger partial charge in [-0.2, -0.15) is 5.10 Å². The number of β-lactam (4-membered cyclic amide) rings is 1. The molecule has 1 aromatic heterocycles. The van der Waals surface area contributed by atoms with Gasteiger partial charge in [-0.3, -0.25) is 14.4 Å². The quantitative estimate of drug-likeness (QED) is 0.497. The normalized spacial score (nSPS) is 23.1. The maximum Gasteiger partial charge on any atom is 0.512 e. The Bertz CT molecular complexity index is 634. The first kappa shape index (κ1) is 11.8. The van der Waals surface area contributed by atoms with Crippen molar-refractivity contribution in [1.29, 1.82) is 0 Å². The van der Waals surface area contributed by atoms with E-state index in [4.69, 9.17) is 5.11 Å². The second-order valence-electron chi connectivity index (χ2n) is 4.03. The van der Waals surface area contributed by atoms with Crippen LogP contribution in [0.2, 0.25) is 0 Å². The van der Waals surface area contributed by atoms with Crippen molar-refractivity contribution in [2.75, 3.05) is 0 Å². The average Bonchev–Trinajstić information content (AvgIpc) is 2.90. The highest BCUT2D eigenvalue weighted by molar-refractivity contribution is 8.03. The van der Waals surface area contributed by atoms with Crippen molar-refractivity contribution >= 4 is 29.9 Å². The predicted molar refractivity (Wildman–Crippen MR) is 66.6 cm³/mol. The molecule has 1 aromatic rings. The van der Waals surface area contributed by atoms with Gasteiger partial charge < -0.3 is 9.84 Å². The number of hydrogen-bond donors (Lipinski definition) is 1. The molecule has 1 saturated heterocycles. The minimum absolute atomic E-state index is 0.0656. The lowest BCUT2D eigenvalue weighted by Gasteiger charge is -2.36. The summed E-state index contributed by atoms with van der Waals surface area (Å²) in [6.07, 6.45) is 3.78. The number of aryl methyl sites for hydroxylation is 1. The fourth-order valence-electron chi connectivity index (χ4n) is 1.94. The molecule has 0 aromatic carbocycles. The highest BCUT2D eigenvalue weighted by Gasteiger charge is 2.49. The van der Waals surface area contributed by atoms with Crippen molar-refractivity contribution in [3.8, 4) is 0 Å². The molecule has 1 amide bonds. The van der Waals surface area contributed by atoms with Crippen molar-refractivity contribution in [2.24, 2.45) is 7.05 Å². The lowest BCUT2D eigenvalue weighted by molar-refractivity contribution is -0.133. The number of nitrogens with zero attached hydrogens (tertiary/aromatic N) is 3. The number of ether oxygens (including phenoxy) is 1. The van der Waals surface area contributed by atoms with Crippen LogP contribution < -0.4 is 0 Å². The highest BCUT2D eigenvalue weighted by Crippen LogP contribution is 2.45. The summed E-state index contributed by atoms with van der Waals surface area (Å²) >= 11 is 1.34. The minimum Gasteiger partial charge on any atom is -0.449 e. The fraction of sp³-hybridized carbons (Fsp3) is 0.182. The second kappa shape index (κ2) is 4.16. The largest absolute Gasteiger partial charge is 0.512 e. The summed E-state index contributed by atoms with van der Waals surface area (Å²) in [5.74, 6) is -0.179. The van der Waals surface area contributed by atoms with Gasteiger partial charge >= 0.3 is 6.16 Å². The smallest absolute Gasteiger partial charge is 0.449 e. The molecule has 7 nitrogen and oxygen atoms in total. The summed E-state index contributed by atoms with van der Waals surface area (Å²) in [5.41, 5.74) is 1.44. The minimum atomic E-state index is -1.43. The maximum atomic E-state index is 11.9. The third-order valence-corrected chi connectivity index (χ3v) is 3.80. The van der Waals surface area contributed by atoms with E-state index < -0.39 is 6.16 Å². The van der Waals surface area contributed by atoms with Crippen LogP contribution in [0.15, 0.2) is 29.3 Å². The monoisotopic (exact) mass is 279 g/mol. The Morgan fingerprint density at radius 3 is 3.05 bits per heavy atom. The summed E-state index contributed by atoms with van der Waals surface area (Å²) in [7, 11) is 1.79. The van der Waals surface area contributed by atoms with Gasteiger partial charge in [0.1, 0.15) is 5.37 Å². The number of carbonyl (C=O) groups is 2. The van der Waals surface area contributed by atoms with Crippen molar-refractivity contribution in [2.45, 2.75) is 5.37 Å². The molecule has 8 heteroatoms. The van der Waals surface area contributed by atoms with E-state index in [1.807, 2.05) is 0 Å². The third-order valence-electron chi connectivity index (χ3n) is 2.74. The van der Waals surface area contributed by atoms with Crippen LogP contribution in [-0.4, -0.2) is 37.2 Å². The Morgan fingerprint density at radius 1 is 1.63 bits per heavy atom. The molecule has 2 aliphatic rings. The van der Waals surface area contributed by atoms with E-state index in [0.29, 0.717) is 5.57 Å². The molecule has 1 fully saturated rings. The molecule has 98 valence electrons. The van der Waals surface area contributed by atoms with Gasteiger partial charge in [0.2, 0.25) is 5.88 Å². The molecule has 0 radical (unpaired) electrons. The average molecular weight is 279 g/mol. The zero-order valence-corrected chi connectivity index (χ0v) is 10.6. The molecule has 0 spiro atoms. The molecule has 1 N–H and O–H groups in total. The lowest BCUT2D eigenvalue weighted by atomic mass is 10.0. The number of carboxylic acid groups (broad SMARTS) is 1. The van der Waals surface area contributed by atoms with Gasteiger partial charge in [-0.05, 0) is 6.08 Å². The Labute approximate surface area is 112 Å². The molecular weight excluding hydrogens is 270 g/mol. The van der Waals surface area contributed by atoms with E-state index in [9.17, 15) is 9.59 Å². The van der Waals surface area contributed by atoms with E-state index in [2.05, 4.69) is 9.84 Å². The van der Waals surface area contributed by atoms with Gasteiger partial charge in [0.15, 0.2) is 0 Å². The predicted octanol–water partition coefficient (Wildman–Crippen LogP) is 1.21. The van der Waals surface area contributed by atoms with E-state index in [0.717, 1.165) is 5.56 Å². The summed E-state index contributed by atoms with van der Waals surface area (Å²) in [4.78, 5) is 23.7. The van der Waals surface area contributed by atoms with Gasteiger partial charge in [-0.25, -0.2) is 4.79 Å². The number of amides is 1. The molecule has 19 heavy (non-hydrogen) atoms. The summed E-state index contributed by atoms with van der Waals surface area (Å²) < 4.78 is 6.18. The first-order chi connectivity index (χ1) is 9.06. The molecule has 0 aliphatic carbocycles. The molecule has 0 saturated carbocycles. The number of rotatable bonds is 2.